The van der Waals surface area contributed by atoms with Gasteiger partial charge in [0.2, 0.25) is 23.7 Å². The summed E-state index contributed by atoms with van der Waals surface area (Å²) < 4.78 is 38.2. The molecule has 336 valence electrons. The van der Waals surface area contributed by atoms with Crippen LogP contribution in [0.4, 0.5) is 4.79 Å². The van der Waals surface area contributed by atoms with Crippen molar-refractivity contribution in [2.24, 2.45) is 10.7 Å². The van der Waals surface area contributed by atoms with Crippen molar-refractivity contribution < 1.29 is 41.9 Å². The number of carbonyl (C=O) groups is 5. The number of unbranched alkanes of at least 4 members (excludes halogenated alkanes) is 1. The minimum atomic E-state index is -3.93. The molecule has 1 fully saturated rings. The van der Waals surface area contributed by atoms with E-state index in [4.69, 9.17) is 38.6 Å². The number of aliphatic imine (C=N–C) groups is 1. The first-order valence-electron chi connectivity index (χ1n) is 20.2. The van der Waals surface area contributed by atoms with Gasteiger partial charge in [-0.25, -0.2) is 27.6 Å². The fourth-order valence-electron chi connectivity index (χ4n) is 6.39. The Morgan fingerprint density at radius 1 is 0.887 bits per heavy atom. The highest BCUT2D eigenvalue weighted by molar-refractivity contribution is 7.90. The maximum atomic E-state index is 13.6. The molecule has 0 spiro atoms. The van der Waals surface area contributed by atoms with E-state index in [0.717, 1.165) is 11.1 Å². The van der Waals surface area contributed by atoms with E-state index in [0.29, 0.717) is 42.7 Å². The van der Waals surface area contributed by atoms with Crippen LogP contribution in [0.2, 0.25) is 5.02 Å². The smallest absolute Gasteiger partial charge is 0.407 e. The van der Waals surface area contributed by atoms with Crippen molar-refractivity contribution in [2.45, 2.75) is 101 Å². The Hall–Kier alpha value is -5.43. The molecule has 0 aliphatic carbocycles. The highest BCUT2D eigenvalue weighted by Crippen LogP contribution is 2.21. The number of ether oxygens (including phenoxy) is 2. The van der Waals surface area contributed by atoms with Gasteiger partial charge in [-0.3, -0.25) is 19.4 Å². The molecule has 4 rings (SSSR count). The molecule has 3 aromatic rings. The molecule has 0 aromatic heterocycles. The summed E-state index contributed by atoms with van der Waals surface area (Å²) in [4.78, 5) is 73.9. The van der Waals surface area contributed by atoms with E-state index in [1.807, 2.05) is 25.1 Å². The number of rotatable bonds is 22. The van der Waals surface area contributed by atoms with Crippen molar-refractivity contribution in [1.29, 1.82) is 0 Å². The summed E-state index contributed by atoms with van der Waals surface area (Å²) in [5.41, 5.74) is 8.14. The number of aryl methyl sites for hydroxylation is 1. The predicted molar refractivity (Wildman–Crippen MR) is 234 cm³/mol. The third-order valence-electron chi connectivity index (χ3n) is 9.85. The normalized spacial score (nSPS) is 15.5. The molecule has 3 aromatic carbocycles. The van der Waals surface area contributed by atoms with Crippen LogP contribution in [0.1, 0.15) is 68.6 Å². The number of amides is 4. The van der Waals surface area contributed by atoms with Crippen LogP contribution in [-0.2, 0) is 51.9 Å². The Morgan fingerprint density at radius 2 is 1.58 bits per heavy atom. The SMILES string of the molecule is Cc1ccc(S(=O)(=O)NC(N)=NCCC[C@H](NCl)C(=O)N2CCC[C@H]2C(=O)N[C@@H](C)C(=O)N[C@@H](CCCCNC(=O)OCc2ccccc2Cl)C(=O)OCc2ccccc2)cc1. The molecular formula is C42H54Cl2N8O9S. The van der Waals surface area contributed by atoms with E-state index in [-0.39, 0.29) is 56.5 Å². The minimum absolute atomic E-state index is 0.00111. The Labute approximate surface area is 372 Å². The molecule has 1 aliphatic heterocycles. The molecule has 1 aliphatic rings. The summed E-state index contributed by atoms with van der Waals surface area (Å²) in [7, 11) is -3.93. The Bertz CT molecular complexity index is 2110. The second-order valence-electron chi connectivity index (χ2n) is 14.7. The summed E-state index contributed by atoms with van der Waals surface area (Å²) in [5.74, 6) is -2.61. The number of nitrogens with one attached hydrogen (secondary N) is 5. The number of likely N-dealkylation sites (tertiary alicyclic amines) is 1. The van der Waals surface area contributed by atoms with E-state index in [2.05, 4.69) is 30.5 Å². The second kappa shape index (κ2) is 24.9. The lowest BCUT2D eigenvalue weighted by Gasteiger charge is -2.28. The maximum Gasteiger partial charge on any atom is 0.407 e. The zero-order chi connectivity index (χ0) is 45.1. The number of benzene rings is 3. The molecule has 0 unspecified atom stereocenters. The fourth-order valence-corrected chi connectivity index (χ4v) is 7.74. The van der Waals surface area contributed by atoms with Gasteiger partial charge in [-0.2, -0.15) is 0 Å². The van der Waals surface area contributed by atoms with Crippen molar-refractivity contribution in [2.75, 3.05) is 19.6 Å². The van der Waals surface area contributed by atoms with Gasteiger partial charge in [0.05, 0.1) is 4.90 Å². The van der Waals surface area contributed by atoms with Gasteiger partial charge >= 0.3 is 12.1 Å². The number of alkyl carbamates (subject to hydrolysis) is 1. The molecule has 0 bridgehead atoms. The molecule has 20 heteroatoms. The fraction of sp³-hybridized carbons (Fsp3) is 0.429. The van der Waals surface area contributed by atoms with E-state index in [1.165, 1.54) is 24.0 Å². The number of sulfonamides is 1. The van der Waals surface area contributed by atoms with Gasteiger partial charge in [0.25, 0.3) is 10.0 Å². The Balaban J connectivity index is 1.26. The lowest BCUT2D eigenvalue weighted by Crippen LogP contribution is -2.55. The van der Waals surface area contributed by atoms with Crippen LogP contribution in [0.25, 0.3) is 0 Å². The molecule has 4 amide bonds. The molecule has 0 saturated carbocycles. The highest BCUT2D eigenvalue weighted by Gasteiger charge is 2.38. The van der Waals surface area contributed by atoms with Crippen LogP contribution in [-0.4, -0.2) is 92.9 Å². The first-order valence-corrected chi connectivity index (χ1v) is 22.4. The van der Waals surface area contributed by atoms with Crippen LogP contribution in [0.5, 0.6) is 0 Å². The third kappa shape index (κ3) is 15.8. The first kappa shape index (κ1) is 49.2. The molecule has 4 atom stereocenters. The van der Waals surface area contributed by atoms with Gasteiger partial charge in [-0.15, -0.1) is 0 Å². The topological polar surface area (TPSA) is 240 Å². The van der Waals surface area contributed by atoms with Gasteiger partial charge < -0.3 is 36.1 Å². The number of nitrogens with zero attached hydrogens (tertiary/aromatic N) is 2. The lowest BCUT2D eigenvalue weighted by molar-refractivity contribution is -0.149. The zero-order valence-corrected chi connectivity index (χ0v) is 36.9. The van der Waals surface area contributed by atoms with E-state index in [9.17, 15) is 32.4 Å². The van der Waals surface area contributed by atoms with Crippen molar-refractivity contribution in [3.05, 3.63) is 101 Å². The van der Waals surface area contributed by atoms with Crippen LogP contribution in [0, 0.1) is 6.92 Å². The van der Waals surface area contributed by atoms with Gasteiger partial charge in [0.15, 0.2) is 0 Å². The molecule has 1 heterocycles. The second-order valence-corrected chi connectivity index (χ2v) is 17.0. The van der Waals surface area contributed by atoms with Crippen LogP contribution in [0.3, 0.4) is 0 Å². The number of carbonyl (C=O) groups excluding carboxylic acids is 5. The number of hydrogen-bond acceptors (Lipinski definition) is 11. The van der Waals surface area contributed by atoms with Crippen molar-refractivity contribution in [3.8, 4) is 0 Å². The minimum Gasteiger partial charge on any atom is -0.459 e. The van der Waals surface area contributed by atoms with Crippen molar-refractivity contribution >= 4 is 69.1 Å². The van der Waals surface area contributed by atoms with Crippen molar-refractivity contribution in [1.82, 2.24) is 30.4 Å². The maximum absolute atomic E-state index is 13.6. The molecular weight excluding hydrogens is 863 g/mol. The highest BCUT2D eigenvalue weighted by atomic mass is 35.5. The monoisotopic (exact) mass is 916 g/mol. The lowest BCUT2D eigenvalue weighted by atomic mass is 10.1. The molecule has 0 radical (unpaired) electrons. The van der Waals surface area contributed by atoms with Gasteiger partial charge in [-0.1, -0.05) is 77.8 Å². The van der Waals surface area contributed by atoms with E-state index in [1.54, 1.807) is 48.5 Å². The van der Waals surface area contributed by atoms with Gasteiger partial charge in [-0.05, 0) is 94.3 Å². The van der Waals surface area contributed by atoms with Crippen LogP contribution in [0.15, 0.2) is 88.8 Å². The number of hydrogen-bond donors (Lipinski definition) is 6. The Morgan fingerprint density at radius 3 is 2.29 bits per heavy atom. The summed E-state index contributed by atoms with van der Waals surface area (Å²) in [6.45, 7) is 3.89. The standard InChI is InChI=1S/C42H54Cl2N8O9S/c1-28-19-21-32(22-20-28)62(58,59)51-41(45)46-24-10-17-34(50-44)39(55)52-25-11-18-36(52)38(54)48-29(2)37(53)49-35(40(56)60-26-30-12-4-3-5-13-30)16-8-9-23-47-42(57)61-27-31-14-6-7-15-33(31)43/h3-7,12-15,19-22,29,34-36,50H,8-11,16-18,23-27H2,1-2H3,(H,47,57)(H,48,54)(H,49,53)(H3,45,46,51)/t29-,34-,35-,36-/m0/s1. The zero-order valence-electron chi connectivity index (χ0n) is 34.6. The summed E-state index contributed by atoms with van der Waals surface area (Å²) >= 11 is 12.1. The van der Waals surface area contributed by atoms with Gasteiger partial charge in [0, 0.05) is 30.2 Å². The number of esters is 1. The van der Waals surface area contributed by atoms with Crippen LogP contribution >= 0.6 is 23.4 Å². The predicted octanol–water partition coefficient (Wildman–Crippen LogP) is 3.95. The number of guanidine groups is 1. The Kier molecular flexibility index (Phi) is 19.7. The van der Waals surface area contributed by atoms with Crippen molar-refractivity contribution in [3.63, 3.8) is 0 Å². The van der Waals surface area contributed by atoms with Crippen LogP contribution < -0.4 is 31.2 Å². The number of halogens is 2. The van der Waals surface area contributed by atoms with E-state index >= 15 is 0 Å². The molecule has 7 N–H and O–H groups in total. The molecule has 17 nitrogen and oxygen atoms in total. The summed E-state index contributed by atoms with van der Waals surface area (Å²) in [6.07, 6.45) is 1.78. The van der Waals surface area contributed by atoms with E-state index < -0.39 is 64.0 Å². The first-order chi connectivity index (χ1) is 29.7. The quantitative estimate of drug-likeness (QED) is 0.0277. The largest absolute Gasteiger partial charge is 0.459 e. The average Bonchev–Trinajstić information content (AvgIpc) is 3.75. The summed E-state index contributed by atoms with van der Waals surface area (Å²) in [5, 5.41) is 8.50. The summed E-state index contributed by atoms with van der Waals surface area (Å²) in [6, 6.07) is 18.3. The number of nitrogens with two attached hydrogens (primary N) is 1. The average molecular weight is 918 g/mol. The van der Waals surface area contributed by atoms with Gasteiger partial charge in [0.1, 0.15) is 37.4 Å². The molecule has 1 saturated heterocycles. The molecule has 62 heavy (non-hydrogen) atoms. The third-order valence-corrected chi connectivity index (χ3v) is 11.9.